The smallest absolute Gasteiger partial charge is 0.358 e. The largest absolute Gasteiger partial charge is 0.408 e. The first-order valence-electron chi connectivity index (χ1n) is 3.71. The molecule has 72 valence electrons. The summed E-state index contributed by atoms with van der Waals surface area (Å²) in [6.07, 6.45) is 4.04. The molecule has 2 aromatic heterocycles. The van der Waals surface area contributed by atoms with Gasteiger partial charge < -0.3 is 10.1 Å². The molecule has 0 aliphatic heterocycles. The van der Waals surface area contributed by atoms with Crippen molar-refractivity contribution in [1.29, 1.82) is 0 Å². The standard InChI is InChI=1S/C6H6N6O2/c1-10-4-8-5(12(13)14)6(10)11-3-7-2-9-11/h2-4H,1H3. The van der Waals surface area contributed by atoms with Gasteiger partial charge in [-0.05, 0) is 9.91 Å². The van der Waals surface area contributed by atoms with Gasteiger partial charge in [0.2, 0.25) is 12.1 Å². The summed E-state index contributed by atoms with van der Waals surface area (Å²) in [5, 5.41) is 14.4. The molecule has 0 atom stereocenters. The second kappa shape index (κ2) is 2.91. The van der Waals surface area contributed by atoms with E-state index >= 15 is 0 Å². The van der Waals surface area contributed by atoms with E-state index in [2.05, 4.69) is 15.1 Å². The molecule has 2 aromatic rings. The van der Waals surface area contributed by atoms with Crippen LogP contribution < -0.4 is 0 Å². The van der Waals surface area contributed by atoms with Crippen molar-refractivity contribution in [2.75, 3.05) is 0 Å². The van der Waals surface area contributed by atoms with Crippen LogP contribution in [0.2, 0.25) is 0 Å². The molecule has 2 rings (SSSR count). The van der Waals surface area contributed by atoms with Gasteiger partial charge in [0, 0.05) is 7.05 Å². The average Bonchev–Trinajstić information content (AvgIpc) is 2.71. The lowest BCUT2D eigenvalue weighted by molar-refractivity contribution is -0.389. The van der Waals surface area contributed by atoms with Crippen LogP contribution in [0.3, 0.4) is 0 Å². The molecule has 0 saturated carbocycles. The van der Waals surface area contributed by atoms with E-state index in [9.17, 15) is 10.1 Å². The fraction of sp³-hybridized carbons (Fsp3) is 0.167. The average molecular weight is 194 g/mol. The van der Waals surface area contributed by atoms with Crippen LogP contribution in [0.4, 0.5) is 5.82 Å². The fourth-order valence-corrected chi connectivity index (χ4v) is 1.12. The third kappa shape index (κ3) is 1.13. The number of imidazole rings is 1. The van der Waals surface area contributed by atoms with Crippen molar-refractivity contribution in [3.63, 3.8) is 0 Å². The van der Waals surface area contributed by atoms with Crippen LogP contribution in [0.5, 0.6) is 0 Å². The zero-order valence-corrected chi connectivity index (χ0v) is 7.23. The van der Waals surface area contributed by atoms with Gasteiger partial charge >= 0.3 is 5.82 Å². The van der Waals surface area contributed by atoms with Crippen LogP contribution in [0.1, 0.15) is 0 Å². The summed E-state index contributed by atoms with van der Waals surface area (Å²) >= 11 is 0. The number of aromatic nitrogens is 5. The second-order valence-electron chi connectivity index (χ2n) is 2.60. The molecule has 0 radical (unpaired) electrons. The van der Waals surface area contributed by atoms with Crippen LogP contribution >= 0.6 is 0 Å². The maximum absolute atomic E-state index is 10.6. The van der Waals surface area contributed by atoms with Crippen molar-refractivity contribution >= 4 is 5.82 Å². The van der Waals surface area contributed by atoms with E-state index in [0.29, 0.717) is 0 Å². The van der Waals surface area contributed by atoms with Crippen molar-refractivity contribution < 1.29 is 4.92 Å². The van der Waals surface area contributed by atoms with Crippen LogP contribution in [0, 0.1) is 10.1 Å². The van der Waals surface area contributed by atoms with E-state index in [4.69, 9.17) is 0 Å². The Morgan fingerprint density at radius 3 is 2.86 bits per heavy atom. The minimum atomic E-state index is -0.559. The van der Waals surface area contributed by atoms with Crippen LogP contribution in [-0.4, -0.2) is 29.2 Å². The first-order chi connectivity index (χ1) is 6.70. The van der Waals surface area contributed by atoms with Gasteiger partial charge in [0.1, 0.15) is 12.7 Å². The van der Waals surface area contributed by atoms with Crippen LogP contribution in [-0.2, 0) is 7.05 Å². The van der Waals surface area contributed by atoms with Crippen molar-refractivity contribution in [2.24, 2.45) is 7.05 Å². The van der Waals surface area contributed by atoms with Gasteiger partial charge in [0.25, 0.3) is 0 Å². The first kappa shape index (κ1) is 8.35. The Hall–Kier alpha value is -2.25. The number of nitrogens with zero attached hydrogens (tertiary/aromatic N) is 6. The summed E-state index contributed by atoms with van der Waals surface area (Å²) in [7, 11) is 1.65. The molecule has 0 bridgehead atoms. The molecule has 8 heteroatoms. The molecule has 0 saturated heterocycles. The van der Waals surface area contributed by atoms with E-state index in [0.717, 1.165) is 0 Å². The molecule has 14 heavy (non-hydrogen) atoms. The monoisotopic (exact) mass is 194 g/mol. The van der Waals surface area contributed by atoms with E-state index < -0.39 is 4.92 Å². The van der Waals surface area contributed by atoms with E-state index in [1.54, 1.807) is 7.05 Å². The molecule has 0 N–H and O–H groups in total. The fourth-order valence-electron chi connectivity index (χ4n) is 1.12. The molecule has 8 nitrogen and oxygen atoms in total. The number of rotatable bonds is 2. The lowest BCUT2D eigenvalue weighted by Crippen LogP contribution is -2.04. The van der Waals surface area contributed by atoms with Gasteiger partial charge in [-0.3, -0.25) is 4.57 Å². The van der Waals surface area contributed by atoms with Gasteiger partial charge in [0.05, 0.1) is 0 Å². The summed E-state index contributed by atoms with van der Waals surface area (Å²) in [5.74, 6) is 0.0468. The lowest BCUT2D eigenvalue weighted by Gasteiger charge is -1.99. The molecule has 0 spiro atoms. The SMILES string of the molecule is Cn1cnc([N+](=O)[O-])c1-n1cncn1. The Balaban J connectivity index is 2.62. The predicted octanol–water partition coefficient (Wildman–Crippen LogP) is -0.0910. The molecular weight excluding hydrogens is 188 g/mol. The lowest BCUT2D eigenvalue weighted by atomic mass is 10.6. The predicted molar refractivity (Wildman–Crippen MR) is 44.8 cm³/mol. The molecular formula is C6H6N6O2. The third-order valence-electron chi connectivity index (χ3n) is 1.70. The molecule has 0 unspecified atom stereocenters. The zero-order valence-electron chi connectivity index (χ0n) is 7.23. The topological polar surface area (TPSA) is 91.7 Å². The summed E-state index contributed by atoms with van der Waals surface area (Å²) < 4.78 is 2.80. The van der Waals surface area contributed by atoms with Gasteiger partial charge in [0.15, 0.2) is 0 Å². The van der Waals surface area contributed by atoms with Gasteiger partial charge in [-0.1, -0.05) is 0 Å². The maximum atomic E-state index is 10.6. The highest BCUT2D eigenvalue weighted by atomic mass is 16.6. The van der Waals surface area contributed by atoms with Gasteiger partial charge in [-0.2, -0.15) is 9.78 Å². The Morgan fingerprint density at radius 1 is 1.50 bits per heavy atom. The third-order valence-corrected chi connectivity index (χ3v) is 1.70. The quantitative estimate of drug-likeness (QED) is 0.492. The minimum Gasteiger partial charge on any atom is -0.358 e. The van der Waals surface area contributed by atoms with Crippen LogP contribution in [0.15, 0.2) is 19.0 Å². The summed E-state index contributed by atoms with van der Waals surface area (Å²) in [4.78, 5) is 17.4. The van der Waals surface area contributed by atoms with Crippen molar-refractivity contribution in [1.82, 2.24) is 24.3 Å². The van der Waals surface area contributed by atoms with E-state index in [-0.39, 0.29) is 11.6 Å². The number of hydrogen-bond acceptors (Lipinski definition) is 5. The molecule has 2 heterocycles. The summed E-state index contributed by atoms with van der Waals surface area (Å²) in [6, 6.07) is 0. The number of aryl methyl sites for hydroxylation is 1. The van der Waals surface area contributed by atoms with E-state index in [1.807, 2.05) is 0 Å². The van der Waals surface area contributed by atoms with E-state index in [1.165, 1.54) is 28.2 Å². The highest BCUT2D eigenvalue weighted by molar-refractivity contribution is 5.40. The summed E-state index contributed by atoms with van der Waals surface area (Å²) in [5.41, 5.74) is 0. The molecule has 0 fully saturated rings. The van der Waals surface area contributed by atoms with Crippen molar-refractivity contribution in [3.05, 3.63) is 29.1 Å². The minimum absolute atomic E-state index is 0.238. The zero-order chi connectivity index (χ0) is 10.1. The molecule has 0 aliphatic carbocycles. The van der Waals surface area contributed by atoms with Gasteiger partial charge in [-0.15, -0.1) is 0 Å². The van der Waals surface area contributed by atoms with Crippen molar-refractivity contribution in [2.45, 2.75) is 0 Å². The molecule has 0 amide bonds. The first-order valence-corrected chi connectivity index (χ1v) is 3.71. The van der Waals surface area contributed by atoms with Crippen LogP contribution in [0.25, 0.3) is 5.82 Å². The highest BCUT2D eigenvalue weighted by Crippen LogP contribution is 2.17. The maximum Gasteiger partial charge on any atom is 0.408 e. The Morgan fingerprint density at radius 2 is 2.29 bits per heavy atom. The number of nitro groups is 1. The second-order valence-corrected chi connectivity index (χ2v) is 2.60. The Bertz CT molecular complexity index is 459. The summed E-state index contributed by atoms with van der Waals surface area (Å²) in [6.45, 7) is 0. The highest BCUT2D eigenvalue weighted by Gasteiger charge is 2.21. The number of hydrogen-bond donors (Lipinski definition) is 0. The normalized spacial score (nSPS) is 10.4. The Labute approximate surface area is 78.0 Å². The molecule has 0 aliphatic rings. The molecule has 0 aromatic carbocycles. The Kier molecular flexibility index (Phi) is 1.73. The van der Waals surface area contributed by atoms with Gasteiger partial charge in [-0.25, -0.2) is 4.98 Å². The van der Waals surface area contributed by atoms with Crippen molar-refractivity contribution in [3.8, 4) is 5.82 Å².